The first-order valence-electron chi connectivity index (χ1n) is 5.31. The molecule has 1 heterocycles. The lowest BCUT2D eigenvalue weighted by atomic mass is 10.1. The third kappa shape index (κ3) is 2.21. The first-order chi connectivity index (χ1) is 7.72. The number of aryl methyl sites for hydroxylation is 1. The Labute approximate surface area is 109 Å². The number of nitrogens with two attached hydrogens (primary N) is 1. The maximum absolute atomic E-state index is 5.71. The van der Waals surface area contributed by atoms with Gasteiger partial charge in [0.05, 0.1) is 9.26 Å². The van der Waals surface area contributed by atoms with Crippen molar-refractivity contribution in [1.82, 2.24) is 10.2 Å². The van der Waals surface area contributed by atoms with Gasteiger partial charge in [0.25, 0.3) is 0 Å². The molecule has 2 aromatic rings. The fourth-order valence-electron chi connectivity index (χ4n) is 1.66. The zero-order chi connectivity index (χ0) is 11.5. The minimum absolute atomic E-state index is 0.563. The maximum Gasteiger partial charge on any atom is 0.159 e. The largest absolute Gasteiger partial charge is 0.381 e. The summed E-state index contributed by atoms with van der Waals surface area (Å²) in [6, 6.07) is 8.54. The summed E-state index contributed by atoms with van der Waals surface area (Å²) in [5, 5.41) is 6.96. The number of halogens is 1. The van der Waals surface area contributed by atoms with Gasteiger partial charge in [-0.25, -0.2) is 0 Å². The summed E-state index contributed by atoms with van der Waals surface area (Å²) >= 11 is 2.21. The van der Waals surface area contributed by atoms with Crippen molar-refractivity contribution < 1.29 is 0 Å². The SMILES string of the molecule is CCCc1ccc(-c2[nH]nc(N)c2I)cc1. The van der Waals surface area contributed by atoms with E-state index in [1.165, 1.54) is 12.0 Å². The number of hydrogen-bond donors (Lipinski definition) is 2. The molecule has 0 fully saturated rings. The van der Waals surface area contributed by atoms with E-state index in [2.05, 4.69) is 64.0 Å². The molecular formula is C12H14IN3. The number of nitrogens with one attached hydrogen (secondary N) is 1. The van der Waals surface area contributed by atoms with Gasteiger partial charge in [0.15, 0.2) is 5.82 Å². The molecule has 0 atom stereocenters. The molecule has 1 aromatic heterocycles. The molecule has 4 heteroatoms. The summed E-state index contributed by atoms with van der Waals surface area (Å²) in [5.41, 5.74) is 9.21. The van der Waals surface area contributed by atoms with Crippen LogP contribution in [0.1, 0.15) is 18.9 Å². The normalized spacial score (nSPS) is 10.6. The molecule has 2 rings (SSSR count). The Hall–Kier alpha value is -1.04. The minimum Gasteiger partial charge on any atom is -0.381 e. The molecular weight excluding hydrogens is 313 g/mol. The van der Waals surface area contributed by atoms with Gasteiger partial charge in [-0.15, -0.1) is 0 Å². The Morgan fingerprint density at radius 1 is 1.31 bits per heavy atom. The quantitative estimate of drug-likeness (QED) is 0.851. The summed E-state index contributed by atoms with van der Waals surface area (Å²) in [4.78, 5) is 0. The summed E-state index contributed by atoms with van der Waals surface area (Å²) in [6.07, 6.45) is 2.30. The van der Waals surface area contributed by atoms with Crippen LogP contribution in [-0.4, -0.2) is 10.2 Å². The molecule has 0 aliphatic heterocycles. The molecule has 0 radical (unpaired) electrons. The molecule has 84 valence electrons. The number of benzene rings is 1. The van der Waals surface area contributed by atoms with E-state index >= 15 is 0 Å². The smallest absolute Gasteiger partial charge is 0.159 e. The van der Waals surface area contributed by atoms with E-state index in [1.807, 2.05) is 0 Å². The van der Waals surface area contributed by atoms with Gasteiger partial charge >= 0.3 is 0 Å². The number of H-pyrrole nitrogens is 1. The molecule has 0 amide bonds. The van der Waals surface area contributed by atoms with Crippen LogP contribution < -0.4 is 5.73 Å². The van der Waals surface area contributed by atoms with E-state index in [4.69, 9.17) is 5.73 Å². The molecule has 3 N–H and O–H groups in total. The summed E-state index contributed by atoms with van der Waals surface area (Å²) in [5.74, 6) is 0.563. The fourth-order valence-corrected chi connectivity index (χ4v) is 2.21. The number of aromatic amines is 1. The van der Waals surface area contributed by atoms with Gasteiger partial charge in [-0.2, -0.15) is 5.10 Å². The van der Waals surface area contributed by atoms with E-state index in [-0.39, 0.29) is 0 Å². The van der Waals surface area contributed by atoms with Gasteiger partial charge in [0.2, 0.25) is 0 Å². The van der Waals surface area contributed by atoms with Crippen molar-refractivity contribution in [2.24, 2.45) is 0 Å². The van der Waals surface area contributed by atoms with Crippen molar-refractivity contribution in [1.29, 1.82) is 0 Å². The highest BCUT2D eigenvalue weighted by Crippen LogP contribution is 2.26. The highest BCUT2D eigenvalue weighted by Gasteiger charge is 2.09. The lowest BCUT2D eigenvalue weighted by Gasteiger charge is -2.01. The third-order valence-electron chi connectivity index (χ3n) is 2.51. The molecule has 0 aliphatic rings. The van der Waals surface area contributed by atoms with Crippen molar-refractivity contribution in [3.05, 3.63) is 33.4 Å². The van der Waals surface area contributed by atoms with Crippen LogP contribution in [0.2, 0.25) is 0 Å². The van der Waals surface area contributed by atoms with Crippen molar-refractivity contribution in [3.8, 4) is 11.3 Å². The van der Waals surface area contributed by atoms with Gasteiger partial charge in [-0.1, -0.05) is 37.6 Å². The summed E-state index contributed by atoms with van der Waals surface area (Å²) < 4.78 is 0.987. The Kier molecular flexibility index (Phi) is 3.48. The molecule has 0 unspecified atom stereocenters. The Balaban J connectivity index is 2.31. The summed E-state index contributed by atoms with van der Waals surface area (Å²) in [7, 11) is 0. The van der Waals surface area contributed by atoms with Crippen LogP contribution in [0.25, 0.3) is 11.3 Å². The highest BCUT2D eigenvalue weighted by atomic mass is 127. The van der Waals surface area contributed by atoms with Gasteiger partial charge < -0.3 is 5.73 Å². The van der Waals surface area contributed by atoms with Crippen LogP contribution in [0, 0.1) is 3.57 Å². The lowest BCUT2D eigenvalue weighted by molar-refractivity contribution is 0.922. The molecule has 0 saturated carbocycles. The Morgan fingerprint density at radius 2 is 2.00 bits per heavy atom. The van der Waals surface area contributed by atoms with Crippen LogP contribution in [-0.2, 0) is 6.42 Å². The molecule has 16 heavy (non-hydrogen) atoms. The topological polar surface area (TPSA) is 54.7 Å². The fraction of sp³-hybridized carbons (Fsp3) is 0.250. The minimum atomic E-state index is 0.563. The van der Waals surface area contributed by atoms with E-state index < -0.39 is 0 Å². The van der Waals surface area contributed by atoms with E-state index in [1.54, 1.807) is 0 Å². The first kappa shape index (κ1) is 11.4. The number of rotatable bonds is 3. The average Bonchev–Trinajstić information content (AvgIpc) is 2.62. The van der Waals surface area contributed by atoms with E-state index in [0.29, 0.717) is 5.82 Å². The van der Waals surface area contributed by atoms with Gasteiger partial charge in [0, 0.05) is 5.56 Å². The monoisotopic (exact) mass is 327 g/mol. The lowest BCUT2D eigenvalue weighted by Crippen LogP contribution is -1.87. The van der Waals surface area contributed by atoms with Crippen LogP contribution >= 0.6 is 22.6 Å². The van der Waals surface area contributed by atoms with Crippen molar-refractivity contribution in [3.63, 3.8) is 0 Å². The zero-order valence-corrected chi connectivity index (χ0v) is 11.3. The summed E-state index contributed by atoms with van der Waals surface area (Å²) in [6.45, 7) is 2.19. The van der Waals surface area contributed by atoms with E-state index in [0.717, 1.165) is 21.2 Å². The van der Waals surface area contributed by atoms with Crippen LogP contribution in [0.15, 0.2) is 24.3 Å². The zero-order valence-electron chi connectivity index (χ0n) is 9.13. The molecule has 3 nitrogen and oxygen atoms in total. The van der Waals surface area contributed by atoms with Crippen molar-refractivity contribution >= 4 is 28.4 Å². The van der Waals surface area contributed by atoms with Crippen LogP contribution in [0.4, 0.5) is 5.82 Å². The molecule has 0 saturated heterocycles. The number of nitrogen functional groups attached to an aromatic ring is 1. The predicted molar refractivity (Wildman–Crippen MR) is 75.1 cm³/mol. The maximum atomic E-state index is 5.71. The number of hydrogen-bond acceptors (Lipinski definition) is 2. The first-order valence-corrected chi connectivity index (χ1v) is 6.39. The molecule has 1 aromatic carbocycles. The van der Waals surface area contributed by atoms with E-state index in [9.17, 15) is 0 Å². The van der Waals surface area contributed by atoms with Crippen LogP contribution in [0.3, 0.4) is 0 Å². The molecule has 0 aliphatic carbocycles. The number of nitrogens with zero attached hydrogens (tertiary/aromatic N) is 1. The number of anilines is 1. The average molecular weight is 327 g/mol. The van der Waals surface area contributed by atoms with Crippen LogP contribution in [0.5, 0.6) is 0 Å². The van der Waals surface area contributed by atoms with Crippen molar-refractivity contribution in [2.45, 2.75) is 19.8 Å². The third-order valence-corrected chi connectivity index (χ3v) is 3.61. The molecule has 0 spiro atoms. The molecule has 0 bridgehead atoms. The second kappa shape index (κ2) is 4.86. The second-order valence-corrected chi connectivity index (χ2v) is 4.82. The second-order valence-electron chi connectivity index (χ2n) is 3.74. The van der Waals surface area contributed by atoms with Gasteiger partial charge in [-0.3, -0.25) is 5.10 Å². The Morgan fingerprint density at radius 3 is 2.50 bits per heavy atom. The van der Waals surface area contributed by atoms with Gasteiger partial charge in [0.1, 0.15) is 0 Å². The van der Waals surface area contributed by atoms with Gasteiger partial charge in [-0.05, 0) is 34.6 Å². The van der Waals surface area contributed by atoms with Crippen molar-refractivity contribution in [2.75, 3.05) is 5.73 Å². The highest BCUT2D eigenvalue weighted by molar-refractivity contribution is 14.1. The predicted octanol–water partition coefficient (Wildman–Crippen LogP) is 3.22. The Bertz CT molecular complexity index is 474. The number of aromatic nitrogens is 2. The standard InChI is InChI=1S/C12H14IN3/c1-2-3-8-4-6-9(7-5-8)11-10(13)12(14)16-15-11/h4-7H,2-3H2,1H3,(H3,14,15,16).